The molecule has 12 heavy (non-hydrogen) atoms. The molecule has 2 aromatic heterocycles. The van der Waals surface area contributed by atoms with E-state index in [9.17, 15) is 4.79 Å². The third-order valence-electron chi connectivity index (χ3n) is 1.28. The van der Waals surface area contributed by atoms with Gasteiger partial charge in [0.25, 0.3) is 0 Å². The molecular formula is C6H3N3O2S. The van der Waals surface area contributed by atoms with E-state index in [0.29, 0.717) is 5.65 Å². The summed E-state index contributed by atoms with van der Waals surface area (Å²) in [6.45, 7) is 0. The first kappa shape index (κ1) is 7.11. The molecule has 1 N–H and O–H groups in total. The molecule has 0 saturated carbocycles. The van der Waals surface area contributed by atoms with E-state index in [1.165, 1.54) is 17.5 Å². The lowest BCUT2D eigenvalue weighted by atomic mass is 10.5. The second-order valence-electron chi connectivity index (χ2n) is 2.04. The molecular weight excluding hydrogens is 178 g/mol. The summed E-state index contributed by atoms with van der Waals surface area (Å²) in [7, 11) is 0. The van der Waals surface area contributed by atoms with Gasteiger partial charge in [0, 0.05) is 0 Å². The number of hydrogen-bond acceptors (Lipinski definition) is 5. The standard InChI is InChI=1S/C6H3N3O2S/c10-6(11)5-7-1-3-4(9-5)8-2-12-3/h1-2H,(H,10,11). The number of aromatic nitrogens is 3. The molecule has 0 aliphatic rings. The highest BCUT2D eigenvalue weighted by molar-refractivity contribution is 7.16. The Morgan fingerprint density at radius 2 is 2.33 bits per heavy atom. The Morgan fingerprint density at radius 1 is 1.50 bits per heavy atom. The van der Waals surface area contributed by atoms with E-state index < -0.39 is 5.97 Å². The van der Waals surface area contributed by atoms with Gasteiger partial charge < -0.3 is 5.11 Å². The number of carbonyl (C=O) groups is 1. The summed E-state index contributed by atoms with van der Waals surface area (Å²) in [6, 6.07) is 0. The van der Waals surface area contributed by atoms with Crippen molar-refractivity contribution in [3.63, 3.8) is 0 Å². The largest absolute Gasteiger partial charge is 0.475 e. The maximum atomic E-state index is 10.4. The zero-order chi connectivity index (χ0) is 8.55. The zero-order valence-electron chi connectivity index (χ0n) is 5.76. The number of rotatable bonds is 1. The fraction of sp³-hybridized carbons (Fsp3) is 0. The highest BCUT2D eigenvalue weighted by Gasteiger charge is 2.07. The molecule has 0 aliphatic carbocycles. The number of hydrogen-bond donors (Lipinski definition) is 1. The average Bonchev–Trinajstić information content (AvgIpc) is 2.49. The smallest absolute Gasteiger partial charge is 0.374 e. The van der Waals surface area contributed by atoms with E-state index in [1.807, 2.05) is 0 Å². The molecule has 5 nitrogen and oxygen atoms in total. The SMILES string of the molecule is O=C(O)c1ncc2scnc2n1. The van der Waals surface area contributed by atoms with Crippen LogP contribution in [0.3, 0.4) is 0 Å². The van der Waals surface area contributed by atoms with E-state index in [4.69, 9.17) is 5.11 Å². The van der Waals surface area contributed by atoms with Crippen LogP contribution in [0, 0.1) is 0 Å². The van der Waals surface area contributed by atoms with Crippen molar-refractivity contribution in [3.05, 3.63) is 17.5 Å². The molecule has 0 atom stereocenters. The first-order valence-corrected chi connectivity index (χ1v) is 3.95. The van der Waals surface area contributed by atoms with Gasteiger partial charge in [-0.05, 0) is 0 Å². The predicted octanol–water partition coefficient (Wildman–Crippen LogP) is 0.784. The summed E-state index contributed by atoms with van der Waals surface area (Å²) in [4.78, 5) is 21.6. The summed E-state index contributed by atoms with van der Waals surface area (Å²) >= 11 is 1.38. The van der Waals surface area contributed by atoms with E-state index in [2.05, 4.69) is 15.0 Å². The Kier molecular flexibility index (Phi) is 1.47. The minimum atomic E-state index is -1.13. The molecule has 0 fully saturated rings. The second kappa shape index (κ2) is 2.49. The average molecular weight is 181 g/mol. The molecule has 0 amide bonds. The maximum Gasteiger partial charge on any atom is 0.374 e. The van der Waals surface area contributed by atoms with E-state index in [0.717, 1.165) is 4.70 Å². The van der Waals surface area contributed by atoms with Crippen LogP contribution < -0.4 is 0 Å². The lowest BCUT2D eigenvalue weighted by molar-refractivity contribution is 0.0684. The molecule has 0 saturated heterocycles. The molecule has 0 aromatic carbocycles. The highest BCUT2D eigenvalue weighted by atomic mass is 32.1. The number of carboxylic acids is 1. The van der Waals surface area contributed by atoms with Gasteiger partial charge in [0.1, 0.15) is 0 Å². The van der Waals surface area contributed by atoms with Crippen LogP contribution in [0.25, 0.3) is 10.3 Å². The van der Waals surface area contributed by atoms with Crippen molar-refractivity contribution in [2.24, 2.45) is 0 Å². The monoisotopic (exact) mass is 181 g/mol. The lowest BCUT2D eigenvalue weighted by Gasteiger charge is -1.89. The van der Waals surface area contributed by atoms with Crippen LogP contribution in [-0.2, 0) is 0 Å². The fourth-order valence-electron chi connectivity index (χ4n) is 0.773. The number of nitrogens with zero attached hydrogens (tertiary/aromatic N) is 3. The van der Waals surface area contributed by atoms with Crippen LogP contribution in [0.4, 0.5) is 0 Å². The van der Waals surface area contributed by atoms with E-state index in [1.54, 1.807) is 5.51 Å². The van der Waals surface area contributed by atoms with Crippen LogP contribution in [0.15, 0.2) is 11.7 Å². The molecule has 6 heteroatoms. The van der Waals surface area contributed by atoms with Crippen LogP contribution in [-0.4, -0.2) is 26.0 Å². The van der Waals surface area contributed by atoms with E-state index in [-0.39, 0.29) is 5.82 Å². The topological polar surface area (TPSA) is 76.0 Å². The fourth-order valence-corrected chi connectivity index (χ4v) is 1.36. The Bertz CT molecular complexity index is 439. The lowest BCUT2D eigenvalue weighted by Crippen LogP contribution is -2.02. The third-order valence-corrected chi connectivity index (χ3v) is 2.03. The van der Waals surface area contributed by atoms with Crippen LogP contribution in [0.5, 0.6) is 0 Å². The van der Waals surface area contributed by atoms with Crippen molar-refractivity contribution in [1.82, 2.24) is 15.0 Å². The number of fused-ring (bicyclic) bond motifs is 1. The van der Waals surface area contributed by atoms with Crippen molar-refractivity contribution in [3.8, 4) is 0 Å². The minimum Gasteiger partial charge on any atom is -0.475 e. The van der Waals surface area contributed by atoms with Crippen molar-refractivity contribution >= 4 is 27.7 Å². The molecule has 0 spiro atoms. The van der Waals surface area contributed by atoms with Crippen molar-refractivity contribution in [2.75, 3.05) is 0 Å². The number of carboxylic acid groups (broad SMARTS) is 1. The molecule has 60 valence electrons. The Morgan fingerprint density at radius 3 is 3.08 bits per heavy atom. The zero-order valence-corrected chi connectivity index (χ0v) is 6.58. The van der Waals surface area contributed by atoms with Gasteiger partial charge in [-0.3, -0.25) is 0 Å². The summed E-state index contributed by atoms with van der Waals surface area (Å²) in [5, 5.41) is 8.53. The van der Waals surface area contributed by atoms with Crippen LogP contribution in [0.2, 0.25) is 0 Å². The van der Waals surface area contributed by atoms with Crippen molar-refractivity contribution in [1.29, 1.82) is 0 Å². The van der Waals surface area contributed by atoms with Gasteiger partial charge >= 0.3 is 5.97 Å². The molecule has 0 bridgehead atoms. The summed E-state index contributed by atoms with van der Waals surface area (Å²) in [6.07, 6.45) is 1.46. The predicted molar refractivity (Wildman–Crippen MR) is 42.2 cm³/mol. The van der Waals surface area contributed by atoms with Crippen LogP contribution in [0.1, 0.15) is 10.6 Å². The van der Waals surface area contributed by atoms with Gasteiger partial charge in [0.2, 0.25) is 5.82 Å². The molecule has 0 aliphatic heterocycles. The van der Waals surface area contributed by atoms with Gasteiger partial charge in [-0.25, -0.2) is 19.7 Å². The normalized spacial score (nSPS) is 10.3. The van der Waals surface area contributed by atoms with E-state index >= 15 is 0 Å². The van der Waals surface area contributed by atoms with Crippen molar-refractivity contribution < 1.29 is 9.90 Å². The maximum absolute atomic E-state index is 10.4. The van der Waals surface area contributed by atoms with Gasteiger partial charge in [-0.15, -0.1) is 11.3 Å². The third kappa shape index (κ3) is 1.02. The Labute approximate surface area is 70.7 Å². The number of aromatic carboxylic acids is 1. The highest BCUT2D eigenvalue weighted by Crippen LogP contribution is 2.13. The summed E-state index contributed by atoms with van der Waals surface area (Å²) < 4.78 is 0.792. The molecule has 0 radical (unpaired) electrons. The van der Waals surface area contributed by atoms with Gasteiger partial charge in [-0.2, -0.15) is 0 Å². The summed E-state index contributed by atoms with van der Waals surface area (Å²) in [5.41, 5.74) is 2.04. The first-order valence-electron chi connectivity index (χ1n) is 3.07. The molecule has 2 heterocycles. The first-order chi connectivity index (χ1) is 5.77. The minimum absolute atomic E-state index is 0.214. The van der Waals surface area contributed by atoms with Crippen molar-refractivity contribution in [2.45, 2.75) is 0 Å². The molecule has 0 unspecified atom stereocenters. The summed E-state index contributed by atoms with van der Waals surface area (Å²) in [5.74, 6) is -1.35. The Hall–Kier alpha value is -1.56. The van der Waals surface area contributed by atoms with Gasteiger partial charge in [-0.1, -0.05) is 0 Å². The molecule has 2 aromatic rings. The number of thiazole rings is 1. The van der Waals surface area contributed by atoms with Gasteiger partial charge in [0.15, 0.2) is 5.65 Å². The Balaban J connectivity index is 2.68. The molecule has 2 rings (SSSR count). The van der Waals surface area contributed by atoms with Gasteiger partial charge in [0.05, 0.1) is 16.4 Å². The van der Waals surface area contributed by atoms with Crippen LogP contribution >= 0.6 is 11.3 Å². The second-order valence-corrected chi connectivity index (χ2v) is 2.93. The quantitative estimate of drug-likeness (QED) is 0.703.